The Kier molecular flexibility index (Phi) is 6.60. The Balaban J connectivity index is 1.81. The van der Waals surface area contributed by atoms with Crippen molar-refractivity contribution in [3.63, 3.8) is 0 Å². The van der Waals surface area contributed by atoms with Crippen LogP contribution in [0.1, 0.15) is 42.4 Å². The number of rotatable bonds is 4. The minimum Gasteiger partial charge on any atom is -0.496 e. The Bertz CT molecular complexity index is 1640. The van der Waals surface area contributed by atoms with Crippen LogP contribution in [-0.4, -0.2) is 50.1 Å². The number of nitrogens with zero attached hydrogens (tertiary/aromatic N) is 5. The molecule has 0 fully saturated rings. The Hall–Kier alpha value is -3.99. The van der Waals surface area contributed by atoms with Crippen molar-refractivity contribution in [3.8, 4) is 39.7 Å². The number of ether oxygens (including phenoxy) is 2. The third-order valence-electron chi connectivity index (χ3n) is 6.87. The van der Waals surface area contributed by atoms with Gasteiger partial charge >= 0.3 is 6.18 Å². The van der Waals surface area contributed by atoms with Crippen molar-refractivity contribution < 1.29 is 27.4 Å². The Labute approximate surface area is 233 Å². The average Bonchev–Trinajstić information content (AvgIpc) is 3.49. The van der Waals surface area contributed by atoms with Crippen molar-refractivity contribution in [1.82, 2.24) is 24.5 Å². The van der Waals surface area contributed by atoms with Crippen molar-refractivity contribution in [2.45, 2.75) is 39.1 Å². The summed E-state index contributed by atoms with van der Waals surface area (Å²) < 4.78 is 55.9. The first kappa shape index (κ1) is 27.6. The monoisotopic (exact) mass is 573 g/mol. The van der Waals surface area contributed by atoms with Gasteiger partial charge in [-0.15, -0.1) is 0 Å². The number of benzene rings is 2. The van der Waals surface area contributed by atoms with Gasteiger partial charge in [-0.2, -0.15) is 23.4 Å². The van der Waals surface area contributed by atoms with Gasteiger partial charge in [-0.05, 0) is 51.1 Å². The molecule has 5 rings (SSSR count). The molecule has 0 radical (unpaired) electrons. The largest absolute Gasteiger partial charge is 0.496 e. The van der Waals surface area contributed by atoms with E-state index in [0.29, 0.717) is 39.6 Å². The number of aryl methyl sites for hydroxylation is 1. The minimum atomic E-state index is -4.64. The quantitative estimate of drug-likeness (QED) is 0.283. The van der Waals surface area contributed by atoms with Gasteiger partial charge in [0.05, 0.1) is 29.7 Å². The van der Waals surface area contributed by atoms with Crippen LogP contribution in [0.4, 0.5) is 13.2 Å². The number of carbonyl (C=O) groups is 1. The molecular formula is C28H27ClF3N5O3. The van der Waals surface area contributed by atoms with Gasteiger partial charge in [0.1, 0.15) is 18.1 Å². The fourth-order valence-electron chi connectivity index (χ4n) is 4.49. The number of alkyl halides is 3. The molecule has 12 heteroatoms. The number of carbonyl (C=O) groups excluding carboxylic acids is 1. The van der Waals surface area contributed by atoms with Crippen molar-refractivity contribution in [2.24, 2.45) is 7.05 Å². The molecular weight excluding hydrogens is 547 g/mol. The molecule has 0 aliphatic carbocycles. The molecule has 2 aromatic carbocycles. The second kappa shape index (κ2) is 9.58. The van der Waals surface area contributed by atoms with Gasteiger partial charge in [0.2, 0.25) is 0 Å². The van der Waals surface area contributed by atoms with Crippen LogP contribution in [0.15, 0.2) is 42.6 Å². The highest BCUT2D eigenvalue weighted by Gasteiger charge is 2.36. The van der Waals surface area contributed by atoms with E-state index in [1.807, 2.05) is 26.8 Å². The van der Waals surface area contributed by atoms with Gasteiger partial charge in [0, 0.05) is 53.6 Å². The second-order valence-electron chi connectivity index (χ2n) is 10.5. The molecule has 210 valence electrons. The molecule has 1 aliphatic rings. The highest BCUT2D eigenvalue weighted by molar-refractivity contribution is 6.30. The van der Waals surface area contributed by atoms with E-state index < -0.39 is 23.2 Å². The molecule has 40 heavy (non-hydrogen) atoms. The fourth-order valence-corrected chi connectivity index (χ4v) is 4.72. The van der Waals surface area contributed by atoms with Crippen LogP contribution in [0.5, 0.6) is 11.5 Å². The molecule has 8 nitrogen and oxygen atoms in total. The van der Waals surface area contributed by atoms with E-state index in [4.69, 9.17) is 21.1 Å². The number of amides is 1. The summed E-state index contributed by atoms with van der Waals surface area (Å²) in [5.74, 6) is 0.523. The summed E-state index contributed by atoms with van der Waals surface area (Å²) in [5.41, 5.74) is 1.27. The summed E-state index contributed by atoms with van der Waals surface area (Å²) in [4.78, 5) is 15.2. The van der Waals surface area contributed by atoms with E-state index in [-0.39, 0.29) is 23.0 Å². The fraction of sp³-hybridized carbons (Fsp3) is 0.321. The van der Waals surface area contributed by atoms with Gasteiger partial charge in [0.25, 0.3) is 5.91 Å². The summed E-state index contributed by atoms with van der Waals surface area (Å²) in [5, 5.41) is 8.94. The van der Waals surface area contributed by atoms with Gasteiger partial charge < -0.3 is 14.4 Å². The van der Waals surface area contributed by atoms with Gasteiger partial charge in [-0.1, -0.05) is 11.6 Å². The molecule has 3 heterocycles. The predicted octanol–water partition coefficient (Wildman–Crippen LogP) is 6.38. The van der Waals surface area contributed by atoms with Crippen LogP contribution < -0.4 is 9.47 Å². The lowest BCUT2D eigenvalue weighted by Gasteiger charge is -2.31. The summed E-state index contributed by atoms with van der Waals surface area (Å²) >= 11 is 6.15. The standard InChI is InChI=1S/C28H27ClF3N5O3/c1-27(2,3)36(5)26(38)24-20-14-40-23-13-22(39-6)18(21-7-8-35(4)33-21)12-19(23)25(20)37(34-24)17-10-15(28(30,31)32)9-16(29)11-17/h7-13H,14H2,1-6H3. The van der Waals surface area contributed by atoms with Crippen molar-refractivity contribution in [1.29, 1.82) is 0 Å². The van der Waals surface area contributed by atoms with Crippen LogP contribution in [0.3, 0.4) is 0 Å². The highest BCUT2D eigenvalue weighted by atomic mass is 35.5. The minimum absolute atomic E-state index is 0.0276. The molecule has 0 spiro atoms. The molecule has 0 atom stereocenters. The van der Waals surface area contributed by atoms with Gasteiger partial charge in [0.15, 0.2) is 5.69 Å². The summed E-state index contributed by atoms with van der Waals surface area (Å²) in [7, 11) is 4.96. The van der Waals surface area contributed by atoms with E-state index >= 15 is 0 Å². The first-order valence-electron chi connectivity index (χ1n) is 12.3. The average molecular weight is 574 g/mol. The van der Waals surface area contributed by atoms with E-state index in [1.165, 1.54) is 22.8 Å². The van der Waals surface area contributed by atoms with Crippen LogP contribution in [0.2, 0.25) is 5.02 Å². The maximum atomic E-state index is 13.7. The Morgan fingerprint density at radius 1 is 1.10 bits per heavy atom. The number of halogens is 4. The Morgan fingerprint density at radius 3 is 2.42 bits per heavy atom. The third kappa shape index (κ3) is 4.78. The first-order chi connectivity index (χ1) is 18.7. The van der Waals surface area contributed by atoms with E-state index in [9.17, 15) is 18.0 Å². The van der Waals surface area contributed by atoms with E-state index in [0.717, 1.165) is 12.1 Å². The first-order valence-corrected chi connectivity index (χ1v) is 12.7. The normalized spacial score (nSPS) is 12.9. The number of hydrogen-bond donors (Lipinski definition) is 0. The molecule has 2 aromatic heterocycles. The molecule has 0 saturated heterocycles. The maximum absolute atomic E-state index is 13.7. The number of fused-ring (bicyclic) bond motifs is 3. The zero-order valence-corrected chi connectivity index (χ0v) is 23.5. The zero-order chi connectivity index (χ0) is 29.1. The van der Waals surface area contributed by atoms with Crippen molar-refractivity contribution in [3.05, 3.63) is 64.4 Å². The summed E-state index contributed by atoms with van der Waals surface area (Å²) in [6, 6.07) is 8.47. The SMILES string of the molecule is COc1cc2c(cc1-c1ccn(C)n1)-c1c(c(C(=O)N(C)C(C)(C)C)nn1-c1cc(Cl)cc(C(F)(F)F)c1)CO2. The topological polar surface area (TPSA) is 74.4 Å². The highest BCUT2D eigenvalue weighted by Crippen LogP contribution is 2.46. The summed E-state index contributed by atoms with van der Waals surface area (Å²) in [6.07, 6.45) is -2.86. The van der Waals surface area contributed by atoms with Crippen LogP contribution >= 0.6 is 11.6 Å². The van der Waals surface area contributed by atoms with Gasteiger partial charge in [-0.3, -0.25) is 9.48 Å². The molecule has 0 bridgehead atoms. The molecule has 1 aliphatic heterocycles. The molecule has 0 saturated carbocycles. The number of methoxy groups -OCH3 is 1. The van der Waals surface area contributed by atoms with Crippen LogP contribution in [0.25, 0.3) is 28.2 Å². The Morgan fingerprint density at radius 2 is 1.82 bits per heavy atom. The third-order valence-corrected chi connectivity index (χ3v) is 7.09. The lowest BCUT2D eigenvalue weighted by Crippen LogP contribution is -2.43. The second-order valence-corrected chi connectivity index (χ2v) is 11.0. The smallest absolute Gasteiger partial charge is 0.416 e. The summed E-state index contributed by atoms with van der Waals surface area (Å²) in [6.45, 7) is 5.59. The zero-order valence-electron chi connectivity index (χ0n) is 22.7. The number of hydrogen-bond acceptors (Lipinski definition) is 5. The number of aromatic nitrogens is 4. The van der Waals surface area contributed by atoms with Crippen molar-refractivity contribution in [2.75, 3.05) is 14.2 Å². The van der Waals surface area contributed by atoms with E-state index in [1.54, 1.807) is 37.1 Å². The van der Waals surface area contributed by atoms with Crippen molar-refractivity contribution >= 4 is 17.5 Å². The molecule has 1 amide bonds. The van der Waals surface area contributed by atoms with Crippen LogP contribution in [-0.2, 0) is 19.8 Å². The van der Waals surface area contributed by atoms with E-state index in [2.05, 4.69) is 10.2 Å². The van der Waals surface area contributed by atoms with Gasteiger partial charge in [-0.25, -0.2) is 4.68 Å². The maximum Gasteiger partial charge on any atom is 0.416 e. The molecule has 4 aromatic rings. The molecule has 0 unspecified atom stereocenters. The predicted molar refractivity (Wildman–Crippen MR) is 144 cm³/mol. The lowest BCUT2D eigenvalue weighted by molar-refractivity contribution is -0.137. The lowest BCUT2D eigenvalue weighted by atomic mass is 9.97. The van der Waals surface area contributed by atoms with Crippen LogP contribution in [0, 0.1) is 0 Å². The molecule has 0 N–H and O–H groups in total.